The first-order valence-electron chi connectivity index (χ1n) is 7.34. The van der Waals surface area contributed by atoms with E-state index >= 15 is 0 Å². The Morgan fingerprint density at radius 2 is 1.17 bits per heavy atom. The van der Waals surface area contributed by atoms with Gasteiger partial charge >= 0.3 is 0 Å². The van der Waals surface area contributed by atoms with Crippen LogP contribution >= 0.6 is 0 Å². The maximum absolute atomic E-state index is 11.9. The van der Waals surface area contributed by atoms with Gasteiger partial charge in [-0.3, -0.25) is 14.4 Å². The van der Waals surface area contributed by atoms with Crippen LogP contribution in [-0.2, 0) is 0 Å². The highest BCUT2D eigenvalue weighted by molar-refractivity contribution is 6.14. The lowest BCUT2D eigenvalue weighted by Crippen LogP contribution is -2.11. The molecule has 0 amide bonds. The lowest BCUT2D eigenvalue weighted by atomic mass is 9.91. The molecule has 0 aliphatic carbocycles. The molecular formula is C20H18O3. The highest BCUT2D eigenvalue weighted by Crippen LogP contribution is 2.22. The van der Waals surface area contributed by atoms with Gasteiger partial charge in [0.15, 0.2) is 17.3 Å². The van der Waals surface area contributed by atoms with Gasteiger partial charge in [0.1, 0.15) is 0 Å². The van der Waals surface area contributed by atoms with Gasteiger partial charge in [0.2, 0.25) is 0 Å². The number of hydrogen-bond acceptors (Lipinski definition) is 3. The van der Waals surface area contributed by atoms with Crippen LogP contribution in [0, 0.1) is 0 Å². The summed E-state index contributed by atoms with van der Waals surface area (Å²) in [7, 11) is 0. The fourth-order valence-corrected chi connectivity index (χ4v) is 2.45. The van der Waals surface area contributed by atoms with E-state index in [1.807, 2.05) is 42.5 Å². The van der Waals surface area contributed by atoms with Gasteiger partial charge in [-0.15, -0.1) is 0 Å². The Morgan fingerprint density at radius 3 is 1.61 bits per heavy atom. The predicted molar refractivity (Wildman–Crippen MR) is 91.8 cm³/mol. The quantitative estimate of drug-likeness (QED) is 0.605. The zero-order valence-corrected chi connectivity index (χ0v) is 13.4. The van der Waals surface area contributed by atoms with Crippen LogP contribution in [0.4, 0.5) is 0 Å². The van der Waals surface area contributed by atoms with Crippen LogP contribution in [-0.4, -0.2) is 17.3 Å². The van der Waals surface area contributed by atoms with Crippen molar-refractivity contribution >= 4 is 29.5 Å². The predicted octanol–water partition coefficient (Wildman–Crippen LogP) is 4.46. The molecule has 0 heterocycles. The van der Waals surface area contributed by atoms with Crippen LogP contribution in [0.25, 0.3) is 12.2 Å². The van der Waals surface area contributed by atoms with Crippen molar-refractivity contribution in [1.82, 2.24) is 0 Å². The smallest absolute Gasteiger partial charge is 0.161 e. The summed E-state index contributed by atoms with van der Waals surface area (Å²) < 4.78 is 0. The minimum atomic E-state index is -0.279. The number of ketones is 3. The Bertz CT molecular complexity index is 764. The molecule has 0 fully saturated rings. The first-order valence-corrected chi connectivity index (χ1v) is 7.34. The molecule has 0 aliphatic heterocycles. The average Bonchev–Trinajstić information content (AvgIpc) is 2.52. The minimum absolute atomic E-state index is 0.210. The van der Waals surface area contributed by atoms with Crippen molar-refractivity contribution in [3.05, 3.63) is 70.3 Å². The van der Waals surface area contributed by atoms with Gasteiger partial charge in [-0.25, -0.2) is 0 Å². The van der Waals surface area contributed by atoms with Crippen LogP contribution in [0.5, 0.6) is 0 Å². The summed E-state index contributed by atoms with van der Waals surface area (Å²) >= 11 is 0. The molecule has 0 unspecified atom stereocenters. The van der Waals surface area contributed by atoms with E-state index < -0.39 is 0 Å². The number of benzene rings is 2. The molecule has 2 rings (SSSR count). The van der Waals surface area contributed by atoms with E-state index in [1.165, 1.54) is 20.8 Å². The molecule has 0 spiro atoms. The summed E-state index contributed by atoms with van der Waals surface area (Å²) in [5, 5.41) is 0. The summed E-state index contributed by atoms with van der Waals surface area (Å²) in [6, 6.07) is 13.0. The van der Waals surface area contributed by atoms with E-state index in [0.717, 1.165) is 5.56 Å². The Kier molecular flexibility index (Phi) is 5.02. The van der Waals surface area contributed by atoms with Crippen molar-refractivity contribution in [3.63, 3.8) is 0 Å². The minimum Gasteiger partial charge on any atom is -0.294 e. The lowest BCUT2D eigenvalue weighted by molar-refractivity contribution is 0.0968. The molecule has 0 N–H and O–H groups in total. The maximum atomic E-state index is 11.9. The molecule has 0 saturated carbocycles. The topological polar surface area (TPSA) is 51.2 Å². The molecule has 0 aliphatic rings. The Labute approximate surface area is 135 Å². The summed E-state index contributed by atoms with van der Waals surface area (Å²) in [4.78, 5) is 35.6. The molecule has 0 saturated heterocycles. The van der Waals surface area contributed by atoms with E-state index in [1.54, 1.807) is 12.1 Å². The summed E-state index contributed by atoms with van der Waals surface area (Å²) in [6.07, 6.45) is 3.73. The second-order valence-electron chi connectivity index (χ2n) is 5.40. The lowest BCUT2D eigenvalue weighted by Gasteiger charge is -2.10. The number of Topliss-reactive ketones (excluding diaryl/α,β-unsaturated/α-hetero) is 3. The molecule has 0 radical (unpaired) electrons. The third kappa shape index (κ3) is 3.89. The molecule has 3 nitrogen and oxygen atoms in total. The van der Waals surface area contributed by atoms with Crippen LogP contribution in [0.3, 0.4) is 0 Å². The zero-order valence-electron chi connectivity index (χ0n) is 13.4. The monoisotopic (exact) mass is 306 g/mol. The third-order valence-corrected chi connectivity index (χ3v) is 3.54. The first kappa shape index (κ1) is 16.6. The summed E-state index contributed by atoms with van der Waals surface area (Å²) in [6.45, 7) is 4.17. The molecule has 0 bridgehead atoms. The van der Waals surface area contributed by atoms with E-state index in [4.69, 9.17) is 0 Å². The average molecular weight is 306 g/mol. The van der Waals surface area contributed by atoms with Crippen molar-refractivity contribution in [2.75, 3.05) is 0 Å². The fourth-order valence-electron chi connectivity index (χ4n) is 2.45. The number of rotatable bonds is 5. The SMILES string of the molecule is CC(=O)c1cc(C=Cc2ccccc2)cc(C(C)=O)c1C(C)=O. The van der Waals surface area contributed by atoms with Crippen molar-refractivity contribution in [2.45, 2.75) is 20.8 Å². The van der Waals surface area contributed by atoms with Gasteiger partial charge < -0.3 is 0 Å². The Hall–Kier alpha value is -2.81. The Balaban J connectivity index is 2.58. The van der Waals surface area contributed by atoms with Crippen LogP contribution in [0.1, 0.15) is 63.0 Å². The van der Waals surface area contributed by atoms with Gasteiger partial charge in [0.05, 0.1) is 0 Å². The standard InChI is InChI=1S/C20H18O3/c1-13(21)18-11-17(10-9-16-7-5-4-6-8-16)12-19(14(2)22)20(18)15(3)23/h4-12H,1-3H3. The molecule has 2 aromatic carbocycles. The van der Waals surface area contributed by atoms with Crippen LogP contribution in [0.15, 0.2) is 42.5 Å². The fraction of sp³-hybridized carbons (Fsp3) is 0.150. The molecule has 0 atom stereocenters. The van der Waals surface area contributed by atoms with Gasteiger partial charge in [0, 0.05) is 16.7 Å². The van der Waals surface area contributed by atoms with E-state index in [9.17, 15) is 14.4 Å². The number of carbonyl (C=O) groups excluding carboxylic acids is 3. The number of hydrogen-bond donors (Lipinski definition) is 0. The number of carbonyl (C=O) groups is 3. The molecule has 0 aromatic heterocycles. The van der Waals surface area contributed by atoms with Crippen LogP contribution in [0.2, 0.25) is 0 Å². The molecular weight excluding hydrogens is 288 g/mol. The first-order chi connectivity index (χ1) is 10.9. The van der Waals surface area contributed by atoms with Crippen molar-refractivity contribution in [1.29, 1.82) is 0 Å². The normalized spacial score (nSPS) is 10.7. The molecule has 23 heavy (non-hydrogen) atoms. The Morgan fingerprint density at radius 1 is 0.696 bits per heavy atom. The van der Waals surface area contributed by atoms with Crippen molar-refractivity contribution in [2.24, 2.45) is 0 Å². The summed E-state index contributed by atoms with van der Waals surface area (Å²) in [5.74, 6) is -0.737. The second-order valence-corrected chi connectivity index (χ2v) is 5.40. The van der Waals surface area contributed by atoms with Gasteiger partial charge in [0.25, 0.3) is 0 Å². The summed E-state index contributed by atoms with van der Waals surface area (Å²) in [5.41, 5.74) is 2.52. The highest BCUT2D eigenvalue weighted by Gasteiger charge is 2.19. The maximum Gasteiger partial charge on any atom is 0.161 e. The van der Waals surface area contributed by atoms with E-state index in [2.05, 4.69) is 0 Å². The van der Waals surface area contributed by atoms with Gasteiger partial charge in [-0.2, -0.15) is 0 Å². The largest absolute Gasteiger partial charge is 0.294 e. The highest BCUT2D eigenvalue weighted by atomic mass is 16.1. The van der Waals surface area contributed by atoms with Gasteiger partial charge in [-0.1, -0.05) is 42.5 Å². The van der Waals surface area contributed by atoms with E-state index in [0.29, 0.717) is 5.56 Å². The van der Waals surface area contributed by atoms with Gasteiger partial charge in [-0.05, 0) is 44.0 Å². The zero-order chi connectivity index (χ0) is 17.0. The van der Waals surface area contributed by atoms with Crippen LogP contribution < -0.4 is 0 Å². The molecule has 2 aromatic rings. The molecule has 116 valence electrons. The third-order valence-electron chi connectivity index (χ3n) is 3.54. The van der Waals surface area contributed by atoms with Crippen molar-refractivity contribution in [3.8, 4) is 0 Å². The molecule has 3 heteroatoms. The van der Waals surface area contributed by atoms with Crippen molar-refractivity contribution < 1.29 is 14.4 Å². The van der Waals surface area contributed by atoms with E-state index in [-0.39, 0.29) is 34.0 Å². The second kappa shape index (κ2) is 6.97.